The summed E-state index contributed by atoms with van der Waals surface area (Å²) < 4.78 is 0. The molecule has 1 fully saturated rings. The van der Waals surface area contributed by atoms with E-state index in [1.54, 1.807) is 18.5 Å². The second-order valence-corrected chi connectivity index (χ2v) is 5.59. The number of amidine groups is 1. The lowest BCUT2D eigenvalue weighted by molar-refractivity contribution is 0.127. The molecule has 126 valence electrons. The molecule has 5 nitrogen and oxygen atoms in total. The average molecular weight is 370 g/mol. The molecule has 22 heavy (non-hydrogen) atoms. The maximum absolute atomic E-state index is 6.25. The summed E-state index contributed by atoms with van der Waals surface area (Å²) in [6.45, 7) is 3.46. The Balaban J connectivity index is 0.00000220. The highest BCUT2D eigenvalue weighted by atomic mass is 35.5. The number of halogens is 3. The smallest absolute Gasteiger partial charge is 0.171 e. The van der Waals surface area contributed by atoms with Gasteiger partial charge in [0.25, 0.3) is 0 Å². The van der Waals surface area contributed by atoms with Crippen LogP contribution in [0.4, 0.5) is 0 Å². The lowest BCUT2D eigenvalue weighted by Crippen LogP contribution is -2.36. The molecule has 1 aromatic heterocycles. The van der Waals surface area contributed by atoms with Crippen molar-refractivity contribution < 1.29 is 4.84 Å². The van der Waals surface area contributed by atoms with Crippen molar-refractivity contribution in [3.63, 3.8) is 0 Å². The summed E-state index contributed by atoms with van der Waals surface area (Å²) in [5.74, 6) is 0.319. The third-order valence-corrected chi connectivity index (χ3v) is 3.54. The monoisotopic (exact) mass is 368 g/mol. The summed E-state index contributed by atoms with van der Waals surface area (Å²) in [6.07, 6.45) is 7.18. The fourth-order valence-corrected chi connectivity index (χ4v) is 2.48. The van der Waals surface area contributed by atoms with E-state index in [4.69, 9.17) is 22.2 Å². The highest BCUT2D eigenvalue weighted by Crippen LogP contribution is 2.11. The zero-order valence-electron chi connectivity index (χ0n) is 12.4. The van der Waals surface area contributed by atoms with Crippen LogP contribution in [0.15, 0.2) is 29.7 Å². The predicted octanol–water partition coefficient (Wildman–Crippen LogP) is 2.66. The highest BCUT2D eigenvalue weighted by Gasteiger charge is 2.15. The van der Waals surface area contributed by atoms with Crippen molar-refractivity contribution in [3.05, 3.63) is 30.1 Å². The van der Waals surface area contributed by atoms with Gasteiger partial charge >= 0.3 is 0 Å². The fraction of sp³-hybridized carbons (Fsp3) is 0.571. The van der Waals surface area contributed by atoms with E-state index in [0.29, 0.717) is 12.4 Å². The first-order chi connectivity index (χ1) is 9.75. The van der Waals surface area contributed by atoms with E-state index in [9.17, 15) is 0 Å². The molecule has 1 aliphatic rings. The van der Waals surface area contributed by atoms with Crippen molar-refractivity contribution >= 4 is 42.3 Å². The molecule has 0 aromatic carbocycles. The minimum absolute atomic E-state index is 0. The molecule has 1 unspecified atom stereocenters. The Labute approximate surface area is 149 Å². The Hall–Kier alpha value is -0.750. The van der Waals surface area contributed by atoms with E-state index >= 15 is 0 Å². The van der Waals surface area contributed by atoms with Crippen LogP contribution in [0.1, 0.15) is 24.8 Å². The van der Waals surface area contributed by atoms with Gasteiger partial charge in [-0.3, -0.25) is 4.98 Å². The maximum Gasteiger partial charge on any atom is 0.171 e. The van der Waals surface area contributed by atoms with E-state index < -0.39 is 0 Å². The van der Waals surface area contributed by atoms with Crippen LogP contribution in [0.25, 0.3) is 0 Å². The van der Waals surface area contributed by atoms with Gasteiger partial charge in [-0.05, 0) is 38.1 Å². The van der Waals surface area contributed by atoms with Gasteiger partial charge in [-0.25, -0.2) is 0 Å². The zero-order valence-corrected chi connectivity index (χ0v) is 14.7. The van der Waals surface area contributed by atoms with Crippen molar-refractivity contribution in [1.82, 2.24) is 9.88 Å². The number of aromatic nitrogens is 1. The standard InChI is InChI=1S/C14H21ClN4O.2ClH/c15-13(10-19-7-2-1-3-8-19)11-20-18-14(16)12-5-4-6-17-9-12;;/h4-6,9,13H,1-3,7-8,10-11H2,(H2,16,18);2*1H. The van der Waals surface area contributed by atoms with Crippen LogP contribution in [0.5, 0.6) is 0 Å². The van der Waals surface area contributed by atoms with E-state index in [2.05, 4.69) is 15.0 Å². The Morgan fingerprint density at radius 1 is 1.36 bits per heavy atom. The molecule has 0 amide bonds. The summed E-state index contributed by atoms with van der Waals surface area (Å²) in [7, 11) is 0. The lowest BCUT2D eigenvalue weighted by atomic mass is 10.1. The SMILES string of the molecule is Cl.Cl.N/C(=N/OCC(Cl)CN1CCCCC1)c1cccnc1. The van der Waals surface area contributed by atoms with E-state index in [1.165, 1.54) is 19.3 Å². The van der Waals surface area contributed by atoms with E-state index in [0.717, 1.165) is 25.2 Å². The second-order valence-electron chi connectivity index (χ2n) is 4.97. The summed E-state index contributed by atoms with van der Waals surface area (Å²) in [5, 5.41) is 3.81. The van der Waals surface area contributed by atoms with Crippen LogP contribution in [0.3, 0.4) is 0 Å². The van der Waals surface area contributed by atoms with Crippen LogP contribution < -0.4 is 5.73 Å². The van der Waals surface area contributed by atoms with Crippen LogP contribution in [0, 0.1) is 0 Å². The van der Waals surface area contributed by atoms with Crippen molar-refractivity contribution in [2.24, 2.45) is 10.9 Å². The molecule has 2 heterocycles. The molecular weight excluding hydrogens is 347 g/mol. The Morgan fingerprint density at radius 2 is 2.09 bits per heavy atom. The number of likely N-dealkylation sites (tertiary alicyclic amines) is 1. The molecule has 0 saturated carbocycles. The Morgan fingerprint density at radius 3 is 2.73 bits per heavy atom. The number of pyridine rings is 1. The van der Waals surface area contributed by atoms with Crippen molar-refractivity contribution in [3.8, 4) is 0 Å². The number of hydrogen-bond donors (Lipinski definition) is 1. The van der Waals surface area contributed by atoms with Crippen molar-refractivity contribution in [2.45, 2.75) is 24.6 Å². The zero-order chi connectivity index (χ0) is 14.2. The highest BCUT2D eigenvalue weighted by molar-refractivity contribution is 6.20. The molecule has 0 spiro atoms. The van der Waals surface area contributed by atoms with Crippen LogP contribution in [-0.2, 0) is 4.84 Å². The molecule has 0 aliphatic carbocycles. The van der Waals surface area contributed by atoms with Gasteiger partial charge in [0.2, 0.25) is 0 Å². The van der Waals surface area contributed by atoms with Gasteiger partial charge in [-0.15, -0.1) is 36.4 Å². The van der Waals surface area contributed by atoms with Gasteiger partial charge < -0.3 is 15.5 Å². The van der Waals surface area contributed by atoms with Gasteiger partial charge in [0.15, 0.2) is 5.84 Å². The van der Waals surface area contributed by atoms with Gasteiger partial charge in [-0.2, -0.15) is 0 Å². The van der Waals surface area contributed by atoms with Crippen LogP contribution >= 0.6 is 36.4 Å². The quantitative estimate of drug-likeness (QED) is 0.362. The number of oxime groups is 1. The van der Waals surface area contributed by atoms with E-state index in [1.807, 2.05) is 6.07 Å². The molecular formula is C14H23Cl3N4O. The number of alkyl halides is 1. The van der Waals surface area contributed by atoms with Gasteiger partial charge in [0.05, 0.1) is 5.38 Å². The number of nitrogens with two attached hydrogens (primary N) is 1. The molecule has 2 rings (SSSR count). The topological polar surface area (TPSA) is 63.7 Å². The molecule has 1 atom stereocenters. The van der Waals surface area contributed by atoms with Gasteiger partial charge in [0.1, 0.15) is 6.61 Å². The number of piperidine rings is 1. The normalized spacial score (nSPS) is 17.0. The van der Waals surface area contributed by atoms with Crippen LogP contribution in [-0.4, -0.2) is 47.3 Å². The number of rotatable bonds is 6. The van der Waals surface area contributed by atoms with Gasteiger partial charge in [0, 0.05) is 24.5 Å². The van der Waals surface area contributed by atoms with Crippen molar-refractivity contribution in [1.29, 1.82) is 0 Å². The number of nitrogens with zero attached hydrogens (tertiary/aromatic N) is 3. The Bertz CT molecular complexity index is 427. The van der Waals surface area contributed by atoms with Crippen LogP contribution in [0.2, 0.25) is 0 Å². The number of hydrogen-bond acceptors (Lipinski definition) is 4. The molecule has 1 aliphatic heterocycles. The molecule has 2 N–H and O–H groups in total. The minimum atomic E-state index is -0.0708. The fourth-order valence-electron chi connectivity index (χ4n) is 2.23. The molecule has 0 radical (unpaired) electrons. The maximum atomic E-state index is 6.25. The summed E-state index contributed by atoms with van der Waals surface area (Å²) in [6, 6.07) is 3.64. The first kappa shape index (κ1) is 21.2. The molecule has 8 heteroatoms. The first-order valence-electron chi connectivity index (χ1n) is 6.98. The third-order valence-electron chi connectivity index (χ3n) is 3.28. The summed E-state index contributed by atoms with van der Waals surface area (Å²) in [4.78, 5) is 11.6. The lowest BCUT2D eigenvalue weighted by Gasteiger charge is -2.27. The Kier molecular flexibility index (Phi) is 11.4. The van der Waals surface area contributed by atoms with E-state index in [-0.39, 0.29) is 30.2 Å². The molecule has 1 saturated heterocycles. The van der Waals surface area contributed by atoms with Crippen molar-refractivity contribution in [2.75, 3.05) is 26.2 Å². The second kappa shape index (κ2) is 11.8. The third kappa shape index (κ3) is 7.49. The average Bonchev–Trinajstić information content (AvgIpc) is 2.49. The summed E-state index contributed by atoms with van der Waals surface area (Å²) in [5.41, 5.74) is 6.54. The molecule has 1 aromatic rings. The minimum Gasteiger partial charge on any atom is -0.392 e. The van der Waals surface area contributed by atoms with Gasteiger partial charge in [-0.1, -0.05) is 11.6 Å². The molecule has 0 bridgehead atoms. The summed E-state index contributed by atoms with van der Waals surface area (Å²) >= 11 is 6.25. The first-order valence-corrected chi connectivity index (χ1v) is 7.41. The largest absolute Gasteiger partial charge is 0.392 e. The predicted molar refractivity (Wildman–Crippen MR) is 95.3 cm³/mol.